The van der Waals surface area contributed by atoms with Crippen molar-refractivity contribution < 1.29 is 18.7 Å². The summed E-state index contributed by atoms with van der Waals surface area (Å²) in [4.78, 5) is 37.9. The zero-order chi connectivity index (χ0) is 27.5. The fourth-order valence-corrected chi connectivity index (χ4v) is 6.17. The van der Waals surface area contributed by atoms with Crippen molar-refractivity contribution in [1.82, 2.24) is 29.8 Å². The number of halogens is 2. The Labute approximate surface area is 238 Å². The Morgan fingerprint density at radius 2 is 2.00 bits per heavy atom. The lowest BCUT2D eigenvalue weighted by molar-refractivity contribution is -0.135. The van der Waals surface area contributed by atoms with Crippen molar-refractivity contribution in [3.8, 4) is 5.75 Å². The first kappa shape index (κ1) is 25.4. The third kappa shape index (κ3) is 4.71. The van der Waals surface area contributed by atoms with E-state index in [1.807, 2.05) is 6.92 Å². The van der Waals surface area contributed by atoms with Crippen molar-refractivity contribution in [3.05, 3.63) is 74.5 Å². The number of pyridine rings is 1. The number of aryl methyl sites for hydroxylation is 1. The van der Waals surface area contributed by atoms with Crippen LogP contribution in [0.1, 0.15) is 75.8 Å². The molecule has 1 aromatic carbocycles. The maximum absolute atomic E-state index is 15.3. The number of nitrogens with zero attached hydrogens (tertiary/aromatic N) is 5. The summed E-state index contributed by atoms with van der Waals surface area (Å²) in [7, 11) is 0. The van der Waals surface area contributed by atoms with Crippen molar-refractivity contribution in [3.63, 3.8) is 0 Å². The molecule has 1 aliphatic heterocycles. The number of rotatable bonds is 7. The summed E-state index contributed by atoms with van der Waals surface area (Å²) < 4.78 is 23.1. The zero-order valence-corrected chi connectivity index (χ0v) is 23.3. The number of ether oxygens (including phenoxy) is 1. The fraction of sp³-hybridized carbons (Fsp3) is 0.393. The maximum Gasteiger partial charge on any atom is 0.270 e. The molecule has 7 rings (SSSR count). The predicted molar refractivity (Wildman–Crippen MR) is 146 cm³/mol. The van der Waals surface area contributed by atoms with Crippen LogP contribution in [0.5, 0.6) is 5.75 Å². The van der Waals surface area contributed by atoms with Crippen LogP contribution in [-0.4, -0.2) is 55.5 Å². The molecule has 9 nitrogen and oxygen atoms in total. The molecule has 2 saturated carbocycles. The second-order valence-corrected chi connectivity index (χ2v) is 12.2. The lowest BCUT2D eigenvalue weighted by Gasteiger charge is -2.35. The van der Waals surface area contributed by atoms with Crippen LogP contribution < -0.4 is 10.1 Å². The highest BCUT2D eigenvalue weighted by atomic mass is 35.5. The van der Waals surface area contributed by atoms with Crippen LogP contribution in [0.15, 0.2) is 30.3 Å². The summed E-state index contributed by atoms with van der Waals surface area (Å²) in [5, 5.41) is 8.65. The molecular formula is C28H26ClFN6O3S. The van der Waals surface area contributed by atoms with E-state index in [1.54, 1.807) is 33.7 Å². The minimum absolute atomic E-state index is 0.187. The van der Waals surface area contributed by atoms with Crippen LogP contribution in [0.3, 0.4) is 0 Å². The molecule has 0 radical (unpaired) electrons. The van der Waals surface area contributed by atoms with E-state index in [0.29, 0.717) is 46.3 Å². The Bertz CT molecular complexity index is 1660. The number of carbonyl (C=O) groups excluding carboxylic acids is 2. The van der Waals surface area contributed by atoms with E-state index in [1.165, 1.54) is 17.4 Å². The first-order chi connectivity index (χ1) is 19.4. The van der Waals surface area contributed by atoms with Gasteiger partial charge in [-0.05, 0) is 56.9 Å². The van der Waals surface area contributed by atoms with Crippen LogP contribution in [0, 0.1) is 12.7 Å². The normalized spacial score (nSPS) is 18.6. The van der Waals surface area contributed by atoms with E-state index in [4.69, 9.17) is 21.3 Å². The second kappa shape index (κ2) is 9.81. The third-order valence-corrected chi connectivity index (χ3v) is 8.56. The largest absolute Gasteiger partial charge is 0.482 e. The van der Waals surface area contributed by atoms with E-state index >= 15 is 4.39 Å². The topological polar surface area (TPSA) is 102 Å². The maximum atomic E-state index is 15.3. The number of aromatic nitrogens is 4. The molecule has 0 spiro atoms. The first-order valence-corrected chi connectivity index (χ1v) is 14.6. The molecule has 12 heteroatoms. The molecular weight excluding hydrogens is 555 g/mol. The number of benzene rings is 1. The number of nitrogens with one attached hydrogen (secondary N) is 1. The average Bonchev–Trinajstić information content (AvgIpc) is 3.86. The minimum Gasteiger partial charge on any atom is -0.482 e. The van der Waals surface area contributed by atoms with Gasteiger partial charge in [0.25, 0.3) is 11.8 Å². The highest BCUT2D eigenvalue weighted by Crippen LogP contribution is 2.43. The van der Waals surface area contributed by atoms with Gasteiger partial charge >= 0.3 is 0 Å². The quantitative estimate of drug-likeness (QED) is 0.343. The van der Waals surface area contributed by atoms with Crippen LogP contribution in [0.25, 0.3) is 4.96 Å². The molecule has 40 heavy (non-hydrogen) atoms. The second-order valence-electron chi connectivity index (χ2n) is 10.6. The van der Waals surface area contributed by atoms with Gasteiger partial charge in [0.15, 0.2) is 6.61 Å². The molecule has 0 saturated heterocycles. The Hall–Kier alpha value is -3.57. The van der Waals surface area contributed by atoms with Crippen molar-refractivity contribution >= 4 is 39.7 Å². The van der Waals surface area contributed by atoms with Crippen molar-refractivity contribution in [2.24, 2.45) is 0 Å². The van der Waals surface area contributed by atoms with E-state index in [0.717, 1.165) is 36.4 Å². The van der Waals surface area contributed by atoms with Crippen LogP contribution in [0.2, 0.25) is 5.02 Å². The van der Waals surface area contributed by atoms with E-state index < -0.39 is 11.9 Å². The van der Waals surface area contributed by atoms with Crippen molar-refractivity contribution in [2.45, 2.75) is 57.0 Å². The Morgan fingerprint density at radius 3 is 2.75 bits per heavy atom. The summed E-state index contributed by atoms with van der Waals surface area (Å²) in [5.41, 5.74) is 2.85. The molecule has 4 heterocycles. The average molecular weight is 581 g/mol. The van der Waals surface area contributed by atoms with Gasteiger partial charge in [-0.1, -0.05) is 29.0 Å². The molecule has 2 fully saturated rings. The first-order valence-electron chi connectivity index (χ1n) is 13.4. The Kier molecular flexibility index (Phi) is 6.23. The Balaban J connectivity index is 1.18. The predicted octanol–water partition coefficient (Wildman–Crippen LogP) is 4.61. The number of hydrogen-bond donors (Lipinski definition) is 1. The van der Waals surface area contributed by atoms with Gasteiger partial charge in [0.2, 0.25) is 4.96 Å². The smallest absolute Gasteiger partial charge is 0.270 e. The molecule has 1 N–H and O–H groups in total. The lowest BCUT2D eigenvalue weighted by Crippen LogP contribution is -2.43. The third-order valence-electron chi connectivity index (χ3n) is 7.50. The summed E-state index contributed by atoms with van der Waals surface area (Å²) in [5.74, 6) is -0.295. The number of fused-ring (bicyclic) bond motifs is 3. The molecule has 2 amide bonds. The molecule has 3 aliphatic rings. The zero-order valence-electron chi connectivity index (χ0n) is 21.7. The molecule has 2 aliphatic carbocycles. The summed E-state index contributed by atoms with van der Waals surface area (Å²) >= 11 is 7.50. The number of imidazole rings is 1. The molecule has 206 valence electrons. The van der Waals surface area contributed by atoms with Gasteiger partial charge in [0.05, 0.1) is 17.1 Å². The van der Waals surface area contributed by atoms with Crippen LogP contribution in [-0.2, 0) is 11.2 Å². The highest BCUT2D eigenvalue weighted by molar-refractivity contribution is 7.16. The van der Waals surface area contributed by atoms with E-state index in [2.05, 4.69) is 15.4 Å². The van der Waals surface area contributed by atoms with Crippen molar-refractivity contribution in [2.75, 3.05) is 13.2 Å². The van der Waals surface area contributed by atoms with Gasteiger partial charge in [-0.15, -0.1) is 0 Å². The van der Waals surface area contributed by atoms with Gasteiger partial charge in [0, 0.05) is 35.5 Å². The van der Waals surface area contributed by atoms with Gasteiger partial charge in [-0.3, -0.25) is 9.59 Å². The Morgan fingerprint density at radius 1 is 1.18 bits per heavy atom. The SMILES string of the molecule is Cc1nn2c3c(nc2s1)CCN(C(=O)COc1ccc(C(=O)NC2CC2)nc1C1CC1)C3c1ccc(Cl)cc1F. The fourth-order valence-electron chi connectivity index (χ4n) is 5.24. The van der Waals surface area contributed by atoms with Gasteiger partial charge in [-0.2, -0.15) is 5.10 Å². The summed E-state index contributed by atoms with van der Waals surface area (Å²) in [6.07, 6.45) is 4.43. The molecule has 1 atom stereocenters. The van der Waals surface area contributed by atoms with Gasteiger partial charge < -0.3 is 15.0 Å². The van der Waals surface area contributed by atoms with Crippen molar-refractivity contribution in [1.29, 1.82) is 0 Å². The standard InChI is InChI=1S/C28H26ClFN6O3S/c1-14-34-36-26-20(33-28(36)40-14)10-11-35(25(26)18-7-4-16(29)12-19(18)30)23(37)13-39-22-9-8-21(27(38)31-17-5-6-17)32-24(22)15-2-3-15/h4,7-9,12,15,17,25H,2-3,5-6,10-11,13H2,1H3,(H,31,38). The lowest BCUT2D eigenvalue weighted by atomic mass is 9.95. The minimum atomic E-state index is -0.747. The van der Waals surface area contributed by atoms with E-state index in [9.17, 15) is 9.59 Å². The number of carbonyl (C=O) groups is 2. The highest BCUT2D eigenvalue weighted by Gasteiger charge is 2.38. The van der Waals surface area contributed by atoms with Crippen LogP contribution in [0.4, 0.5) is 4.39 Å². The monoisotopic (exact) mass is 580 g/mol. The molecule has 3 aromatic heterocycles. The van der Waals surface area contributed by atoms with Gasteiger partial charge in [-0.25, -0.2) is 18.9 Å². The molecule has 1 unspecified atom stereocenters. The summed E-state index contributed by atoms with van der Waals surface area (Å²) in [6, 6.07) is 7.33. The summed E-state index contributed by atoms with van der Waals surface area (Å²) in [6.45, 7) is 1.98. The van der Waals surface area contributed by atoms with Gasteiger partial charge in [0.1, 0.15) is 28.3 Å². The molecule has 0 bridgehead atoms. The number of hydrogen-bond acceptors (Lipinski definition) is 7. The number of amides is 2. The van der Waals surface area contributed by atoms with Crippen LogP contribution >= 0.6 is 22.9 Å². The van der Waals surface area contributed by atoms with E-state index in [-0.39, 0.29) is 35.4 Å². The molecule has 4 aromatic rings.